The molecule has 0 saturated carbocycles. The lowest BCUT2D eigenvalue weighted by molar-refractivity contribution is -0.140. The van der Waals surface area contributed by atoms with Crippen LogP contribution in [0.2, 0.25) is 0 Å². The fraction of sp³-hybridized carbons (Fsp3) is 0.417. The standard InChI is InChI=1S/C12H12Br2F3NO2/c1-20-8-2-3-10(14)9(6-8)11(19)18(5-4-13)7-12(15,16)17/h2-3,6H,4-5,7H2,1H3. The summed E-state index contributed by atoms with van der Waals surface area (Å²) in [5.41, 5.74) is 0.134. The van der Waals surface area contributed by atoms with Gasteiger partial charge in [0.15, 0.2) is 0 Å². The van der Waals surface area contributed by atoms with E-state index in [0.717, 1.165) is 4.90 Å². The Balaban J connectivity index is 3.05. The van der Waals surface area contributed by atoms with Crippen LogP contribution in [0.3, 0.4) is 0 Å². The fourth-order valence-corrected chi connectivity index (χ4v) is 2.38. The van der Waals surface area contributed by atoms with Crippen LogP contribution >= 0.6 is 31.9 Å². The first kappa shape index (κ1) is 17.3. The maximum atomic E-state index is 12.5. The molecule has 8 heteroatoms. The van der Waals surface area contributed by atoms with Crippen LogP contribution in [0.1, 0.15) is 10.4 Å². The number of carbonyl (C=O) groups is 1. The number of ether oxygens (including phenoxy) is 1. The van der Waals surface area contributed by atoms with E-state index in [1.54, 1.807) is 12.1 Å². The molecule has 0 radical (unpaired) electrons. The van der Waals surface area contributed by atoms with Crippen LogP contribution in [-0.4, -0.2) is 42.5 Å². The van der Waals surface area contributed by atoms with Crippen molar-refractivity contribution in [1.29, 1.82) is 0 Å². The second-order valence-electron chi connectivity index (χ2n) is 3.88. The summed E-state index contributed by atoms with van der Waals surface area (Å²) >= 11 is 6.21. The van der Waals surface area contributed by atoms with Crippen LogP contribution in [0.25, 0.3) is 0 Å². The van der Waals surface area contributed by atoms with Crippen LogP contribution < -0.4 is 4.74 Å². The van der Waals surface area contributed by atoms with Crippen molar-refractivity contribution in [3.05, 3.63) is 28.2 Å². The zero-order valence-electron chi connectivity index (χ0n) is 10.5. The van der Waals surface area contributed by atoms with E-state index in [9.17, 15) is 18.0 Å². The van der Waals surface area contributed by atoms with E-state index < -0.39 is 18.6 Å². The van der Waals surface area contributed by atoms with Gasteiger partial charge in [0.2, 0.25) is 0 Å². The van der Waals surface area contributed by atoms with Crippen LogP contribution in [0.4, 0.5) is 13.2 Å². The van der Waals surface area contributed by atoms with Crippen molar-refractivity contribution < 1.29 is 22.7 Å². The van der Waals surface area contributed by atoms with E-state index in [1.807, 2.05) is 0 Å². The number of carbonyl (C=O) groups excluding carboxylic acids is 1. The molecule has 1 rings (SSSR count). The highest BCUT2D eigenvalue weighted by atomic mass is 79.9. The Hall–Kier alpha value is -0.760. The monoisotopic (exact) mass is 417 g/mol. The summed E-state index contributed by atoms with van der Waals surface area (Å²) in [6.07, 6.45) is -4.44. The molecule has 1 aromatic rings. The Morgan fingerprint density at radius 3 is 2.55 bits per heavy atom. The minimum absolute atomic E-state index is 0.0397. The van der Waals surface area contributed by atoms with Gasteiger partial charge in [0.05, 0.1) is 12.7 Å². The highest BCUT2D eigenvalue weighted by Crippen LogP contribution is 2.25. The SMILES string of the molecule is COc1ccc(Br)c(C(=O)N(CCBr)CC(F)(F)F)c1. The second-order valence-corrected chi connectivity index (χ2v) is 5.52. The molecule has 0 N–H and O–H groups in total. The normalized spacial score (nSPS) is 11.3. The van der Waals surface area contributed by atoms with Crippen molar-refractivity contribution in [2.24, 2.45) is 0 Å². The van der Waals surface area contributed by atoms with Gasteiger partial charge < -0.3 is 9.64 Å². The minimum Gasteiger partial charge on any atom is -0.497 e. The van der Waals surface area contributed by atoms with Gasteiger partial charge in [-0.1, -0.05) is 15.9 Å². The van der Waals surface area contributed by atoms with Gasteiger partial charge in [0.25, 0.3) is 5.91 Å². The molecule has 0 saturated heterocycles. The summed E-state index contributed by atoms with van der Waals surface area (Å²) in [7, 11) is 1.42. The molecule has 1 aromatic carbocycles. The number of amides is 1. The number of alkyl halides is 4. The molecule has 3 nitrogen and oxygen atoms in total. The van der Waals surface area contributed by atoms with Crippen LogP contribution in [0, 0.1) is 0 Å². The van der Waals surface area contributed by atoms with Gasteiger partial charge in [-0.15, -0.1) is 0 Å². The van der Waals surface area contributed by atoms with Crippen molar-refractivity contribution in [2.75, 3.05) is 25.5 Å². The summed E-state index contributed by atoms with van der Waals surface area (Å²) in [5.74, 6) is -0.296. The number of nitrogens with zero attached hydrogens (tertiary/aromatic N) is 1. The minimum atomic E-state index is -4.44. The third-order valence-corrected chi connectivity index (χ3v) is 3.46. The lowest BCUT2D eigenvalue weighted by atomic mass is 10.2. The zero-order valence-corrected chi connectivity index (χ0v) is 13.7. The first-order valence-electron chi connectivity index (χ1n) is 5.54. The molecule has 20 heavy (non-hydrogen) atoms. The van der Waals surface area contributed by atoms with Crippen molar-refractivity contribution in [2.45, 2.75) is 6.18 Å². The molecule has 0 bridgehead atoms. The van der Waals surface area contributed by atoms with Gasteiger partial charge in [-0.05, 0) is 34.1 Å². The van der Waals surface area contributed by atoms with Crippen molar-refractivity contribution >= 4 is 37.8 Å². The Morgan fingerprint density at radius 2 is 2.05 bits per heavy atom. The lowest BCUT2D eigenvalue weighted by Gasteiger charge is -2.23. The molecule has 0 fully saturated rings. The molecule has 1 amide bonds. The Bertz CT molecular complexity index is 480. The number of hydrogen-bond acceptors (Lipinski definition) is 2. The predicted octanol–water partition coefficient (Wildman–Crippen LogP) is 3.86. The van der Waals surface area contributed by atoms with E-state index in [1.165, 1.54) is 13.2 Å². The average molecular weight is 419 g/mol. The van der Waals surface area contributed by atoms with Crippen molar-refractivity contribution in [1.82, 2.24) is 4.90 Å². The molecule has 0 heterocycles. The molecule has 0 aromatic heterocycles. The van der Waals surface area contributed by atoms with Crippen molar-refractivity contribution in [3.8, 4) is 5.75 Å². The number of halogens is 5. The topological polar surface area (TPSA) is 29.5 Å². The van der Waals surface area contributed by atoms with Crippen LogP contribution in [0.5, 0.6) is 5.75 Å². The van der Waals surface area contributed by atoms with Gasteiger partial charge in [0, 0.05) is 16.3 Å². The first-order chi connectivity index (χ1) is 9.28. The number of methoxy groups -OCH3 is 1. The quantitative estimate of drug-likeness (QED) is 0.679. The van der Waals surface area contributed by atoms with Crippen LogP contribution in [-0.2, 0) is 0 Å². The van der Waals surface area contributed by atoms with Gasteiger partial charge in [0.1, 0.15) is 12.3 Å². The van der Waals surface area contributed by atoms with Gasteiger partial charge in [-0.25, -0.2) is 0 Å². The molecule has 112 valence electrons. The summed E-state index contributed by atoms with van der Waals surface area (Å²) in [6.45, 7) is -1.33. The maximum Gasteiger partial charge on any atom is 0.406 e. The van der Waals surface area contributed by atoms with Gasteiger partial charge in [-0.3, -0.25) is 4.79 Å². The second kappa shape index (κ2) is 7.31. The van der Waals surface area contributed by atoms with E-state index >= 15 is 0 Å². The van der Waals surface area contributed by atoms with Gasteiger partial charge in [-0.2, -0.15) is 13.2 Å². The molecular formula is C12H12Br2F3NO2. The summed E-state index contributed by atoms with van der Waals surface area (Å²) < 4.78 is 42.9. The highest BCUT2D eigenvalue weighted by molar-refractivity contribution is 9.10. The van der Waals surface area contributed by atoms with E-state index in [2.05, 4.69) is 31.9 Å². The van der Waals surface area contributed by atoms with E-state index in [4.69, 9.17) is 4.74 Å². The van der Waals surface area contributed by atoms with E-state index in [-0.39, 0.29) is 17.4 Å². The molecule has 0 aliphatic heterocycles. The molecule has 0 aliphatic carbocycles. The molecule has 0 unspecified atom stereocenters. The summed E-state index contributed by atoms with van der Waals surface area (Å²) in [6, 6.07) is 4.58. The Morgan fingerprint density at radius 1 is 1.40 bits per heavy atom. The van der Waals surface area contributed by atoms with Gasteiger partial charge >= 0.3 is 6.18 Å². The predicted molar refractivity (Wildman–Crippen MR) is 76.4 cm³/mol. The third kappa shape index (κ3) is 4.97. The number of benzene rings is 1. The van der Waals surface area contributed by atoms with E-state index in [0.29, 0.717) is 10.2 Å². The Kier molecular flexibility index (Phi) is 6.32. The zero-order chi connectivity index (χ0) is 15.3. The molecule has 0 aliphatic rings. The Labute approximate surface area is 131 Å². The third-order valence-electron chi connectivity index (χ3n) is 2.42. The largest absolute Gasteiger partial charge is 0.497 e. The van der Waals surface area contributed by atoms with Crippen LogP contribution in [0.15, 0.2) is 22.7 Å². The first-order valence-corrected chi connectivity index (χ1v) is 7.45. The lowest BCUT2D eigenvalue weighted by Crippen LogP contribution is -2.40. The fourth-order valence-electron chi connectivity index (χ4n) is 1.54. The summed E-state index contributed by atoms with van der Waals surface area (Å²) in [4.78, 5) is 13.0. The highest BCUT2D eigenvalue weighted by Gasteiger charge is 2.33. The average Bonchev–Trinajstić information content (AvgIpc) is 2.36. The smallest absolute Gasteiger partial charge is 0.406 e. The molecule has 0 atom stereocenters. The van der Waals surface area contributed by atoms with Crippen molar-refractivity contribution in [3.63, 3.8) is 0 Å². The maximum absolute atomic E-state index is 12.5. The molecule has 0 spiro atoms. The number of hydrogen-bond donors (Lipinski definition) is 0. The summed E-state index contributed by atoms with van der Waals surface area (Å²) in [5, 5.41) is 0.260. The molecular weight excluding hydrogens is 407 g/mol. The number of rotatable bonds is 5.